The summed E-state index contributed by atoms with van der Waals surface area (Å²) in [5, 5.41) is 6.71. The quantitative estimate of drug-likeness (QED) is 0.676. The monoisotopic (exact) mass is 359 g/mol. The van der Waals surface area contributed by atoms with Crippen molar-refractivity contribution in [2.45, 2.75) is 52.6 Å². The van der Waals surface area contributed by atoms with E-state index in [4.69, 9.17) is 4.74 Å². The van der Waals surface area contributed by atoms with Gasteiger partial charge in [-0.1, -0.05) is 39.0 Å². The molecule has 0 saturated heterocycles. The Labute approximate surface area is 154 Å². The summed E-state index contributed by atoms with van der Waals surface area (Å²) in [6.07, 6.45) is 2.53. The van der Waals surface area contributed by atoms with Crippen molar-refractivity contribution >= 4 is 22.9 Å². The van der Waals surface area contributed by atoms with Crippen LogP contribution in [0.4, 0.5) is 4.79 Å². The third-order valence-corrected chi connectivity index (χ3v) is 4.26. The van der Waals surface area contributed by atoms with Gasteiger partial charge in [0.2, 0.25) is 5.91 Å². The molecule has 2 atom stereocenters. The second-order valence-corrected chi connectivity index (χ2v) is 7.07. The van der Waals surface area contributed by atoms with Crippen molar-refractivity contribution in [3.63, 3.8) is 0 Å². The fourth-order valence-corrected chi connectivity index (χ4v) is 2.60. The number of rotatable bonds is 8. The first-order valence-electron chi connectivity index (χ1n) is 9.19. The summed E-state index contributed by atoms with van der Waals surface area (Å²) < 4.78 is 5.18. The smallest absolute Gasteiger partial charge is 0.407 e. The first-order chi connectivity index (χ1) is 12.4. The zero-order chi connectivity index (χ0) is 19.1. The number of hydrogen-bond donors (Lipinski definition) is 3. The Bertz CT molecular complexity index is 739. The minimum atomic E-state index is -0.692. The van der Waals surface area contributed by atoms with Gasteiger partial charge >= 0.3 is 6.09 Å². The number of nitrogens with one attached hydrogen (secondary N) is 3. The molecular weight excluding hydrogens is 330 g/mol. The van der Waals surface area contributed by atoms with Crippen LogP contribution in [0.5, 0.6) is 0 Å². The molecule has 6 heteroatoms. The van der Waals surface area contributed by atoms with E-state index in [2.05, 4.69) is 15.6 Å². The fraction of sp³-hybridized carbons (Fsp3) is 0.500. The second kappa shape index (κ2) is 9.27. The maximum atomic E-state index is 12.7. The molecule has 0 bridgehead atoms. The lowest BCUT2D eigenvalue weighted by atomic mass is 10.0. The molecular formula is C20H29N3O3. The molecule has 0 aliphatic heterocycles. The van der Waals surface area contributed by atoms with Crippen LogP contribution in [0.15, 0.2) is 30.5 Å². The van der Waals surface area contributed by atoms with Crippen LogP contribution in [0.25, 0.3) is 10.9 Å². The van der Waals surface area contributed by atoms with E-state index in [1.54, 1.807) is 0 Å². The Balaban J connectivity index is 2.13. The zero-order valence-corrected chi connectivity index (χ0v) is 16.0. The highest BCUT2D eigenvalue weighted by Gasteiger charge is 2.24. The molecule has 2 aromatic rings. The number of para-hydroxylation sites is 1. The number of H-pyrrole nitrogens is 1. The predicted octanol–water partition coefficient (Wildman–Crippen LogP) is 3.38. The van der Waals surface area contributed by atoms with Gasteiger partial charge in [0.25, 0.3) is 0 Å². The first kappa shape index (κ1) is 19.8. The molecule has 0 radical (unpaired) electrons. The van der Waals surface area contributed by atoms with Crippen LogP contribution in [0.1, 0.15) is 39.7 Å². The van der Waals surface area contributed by atoms with Crippen molar-refractivity contribution in [2.75, 3.05) is 6.61 Å². The number of hydrogen-bond acceptors (Lipinski definition) is 3. The highest BCUT2D eigenvalue weighted by molar-refractivity contribution is 5.88. The molecule has 0 aliphatic carbocycles. The van der Waals surface area contributed by atoms with E-state index in [1.807, 2.05) is 58.2 Å². The van der Waals surface area contributed by atoms with Crippen molar-refractivity contribution in [1.29, 1.82) is 0 Å². The summed E-state index contributed by atoms with van der Waals surface area (Å²) in [5.74, 6) is 0.0351. The van der Waals surface area contributed by atoms with E-state index < -0.39 is 12.1 Å². The van der Waals surface area contributed by atoms with E-state index in [0.29, 0.717) is 13.0 Å². The lowest BCUT2D eigenvalue weighted by Crippen LogP contribution is -2.50. The molecule has 0 aliphatic rings. The molecule has 0 fully saturated rings. The second-order valence-electron chi connectivity index (χ2n) is 7.07. The summed E-state index contributed by atoms with van der Waals surface area (Å²) >= 11 is 0. The van der Waals surface area contributed by atoms with Crippen LogP contribution in [0.3, 0.4) is 0 Å². The lowest BCUT2D eigenvalue weighted by molar-refractivity contribution is -0.123. The molecule has 2 rings (SSSR count). The Morgan fingerprint density at radius 3 is 2.58 bits per heavy atom. The van der Waals surface area contributed by atoms with Gasteiger partial charge in [-0.05, 0) is 30.9 Å². The molecule has 1 aromatic carbocycles. The van der Waals surface area contributed by atoms with Gasteiger partial charge in [0, 0.05) is 29.6 Å². The van der Waals surface area contributed by atoms with Crippen molar-refractivity contribution < 1.29 is 14.3 Å². The maximum Gasteiger partial charge on any atom is 0.407 e. The summed E-state index contributed by atoms with van der Waals surface area (Å²) in [4.78, 5) is 27.9. The SMILES string of the molecule is CCC(C)NC(=O)[C@H](Cc1c[nH]c2ccccc12)NC(=O)OCC(C)C. The highest BCUT2D eigenvalue weighted by Crippen LogP contribution is 2.19. The molecule has 1 heterocycles. The summed E-state index contributed by atoms with van der Waals surface area (Å²) in [5.41, 5.74) is 1.99. The minimum Gasteiger partial charge on any atom is -0.449 e. The fourth-order valence-electron chi connectivity index (χ4n) is 2.60. The van der Waals surface area contributed by atoms with Gasteiger partial charge in [0.1, 0.15) is 6.04 Å². The zero-order valence-electron chi connectivity index (χ0n) is 16.0. The summed E-state index contributed by atoms with van der Waals surface area (Å²) in [7, 11) is 0. The number of alkyl carbamates (subject to hydrolysis) is 1. The Hall–Kier alpha value is -2.50. The molecule has 3 N–H and O–H groups in total. The van der Waals surface area contributed by atoms with Gasteiger partial charge in [-0.15, -0.1) is 0 Å². The van der Waals surface area contributed by atoms with E-state index >= 15 is 0 Å². The number of aromatic nitrogens is 1. The van der Waals surface area contributed by atoms with Gasteiger partial charge < -0.3 is 20.4 Å². The van der Waals surface area contributed by atoms with Crippen LogP contribution in [0, 0.1) is 5.92 Å². The van der Waals surface area contributed by atoms with Gasteiger partial charge in [0.15, 0.2) is 0 Å². The standard InChI is InChI=1S/C20H29N3O3/c1-5-14(4)22-19(24)18(23-20(25)26-12-13(2)3)10-15-11-21-17-9-7-6-8-16(15)17/h6-9,11,13-14,18,21H,5,10,12H2,1-4H3,(H,22,24)(H,23,25)/t14?,18-/m0/s1. The average molecular weight is 359 g/mol. The van der Waals surface area contributed by atoms with Gasteiger partial charge in [-0.2, -0.15) is 0 Å². The molecule has 6 nitrogen and oxygen atoms in total. The topological polar surface area (TPSA) is 83.2 Å². The first-order valence-corrected chi connectivity index (χ1v) is 9.19. The van der Waals surface area contributed by atoms with E-state index in [0.717, 1.165) is 22.9 Å². The van der Waals surface area contributed by atoms with Crippen LogP contribution in [-0.4, -0.2) is 35.7 Å². The van der Waals surface area contributed by atoms with Crippen LogP contribution >= 0.6 is 0 Å². The predicted molar refractivity (Wildman–Crippen MR) is 103 cm³/mol. The number of ether oxygens (including phenoxy) is 1. The van der Waals surface area contributed by atoms with Gasteiger partial charge in [-0.3, -0.25) is 4.79 Å². The van der Waals surface area contributed by atoms with Gasteiger partial charge in [0.05, 0.1) is 6.61 Å². The van der Waals surface area contributed by atoms with Crippen LogP contribution < -0.4 is 10.6 Å². The number of carbonyl (C=O) groups excluding carboxylic acids is 2. The van der Waals surface area contributed by atoms with E-state index in [-0.39, 0.29) is 17.9 Å². The molecule has 2 amide bonds. The normalized spacial score (nSPS) is 13.4. The number of fused-ring (bicyclic) bond motifs is 1. The largest absolute Gasteiger partial charge is 0.449 e. The number of carbonyl (C=O) groups is 2. The molecule has 1 aromatic heterocycles. The molecule has 142 valence electrons. The molecule has 26 heavy (non-hydrogen) atoms. The van der Waals surface area contributed by atoms with Gasteiger partial charge in [-0.25, -0.2) is 4.79 Å². The Morgan fingerprint density at radius 2 is 1.88 bits per heavy atom. The van der Waals surface area contributed by atoms with Crippen LogP contribution in [0.2, 0.25) is 0 Å². The highest BCUT2D eigenvalue weighted by atomic mass is 16.5. The molecule has 1 unspecified atom stereocenters. The third-order valence-electron chi connectivity index (χ3n) is 4.26. The van der Waals surface area contributed by atoms with Crippen molar-refractivity contribution in [2.24, 2.45) is 5.92 Å². The summed E-state index contributed by atoms with van der Waals surface area (Å²) in [6.45, 7) is 8.19. The van der Waals surface area contributed by atoms with Crippen molar-refractivity contribution in [1.82, 2.24) is 15.6 Å². The van der Waals surface area contributed by atoms with Crippen LogP contribution in [-0.2, 0) is 16.0 Å². The number of amides is 2. The minimum absolute atomic E-state index is 0.0430. The van der Waals surface area contributed by atoms with E-state index in [9.17, 15) is 9.59 Å². The Kier molecular flexibility index (Phi) is 7.06. The maximum absolute atomic E-state index is 12.7. The third kappa shape index (κ3) is 5.51. The Morgan fingerprint density at radius 1 is 1.15 bits per heavy atom. The molecule has 0 saturated carbocycles. The van der Waals surface area contributed by atoms with Crippen molar-refractivity contribution in [3.8, 4) is 0 Å². The molecule has 0 spiro atoms. The lowest BCUT2D eigenvalue weighted by Gasteiger charge is -2.21. The van der Waals surface area contributed by atoms with E-state index in [1.165, 1.54) is 0 Å². The number of aromatic amines is 1. The number of benzene rings is 1. The summed E-state index contributed by atoms with van der Waals surface area (Å²) in [6, 6.07) is 7.25. The average Bonchev–Trinajstić information content (AvgIpc) is 3.02. The van der Waals surface area contributed by atoms with Crippen molar-refractivity contribution in [3.05, 3.63) is 36.0 Å².